The zero-order valence-corrected chi connectivity index (χ0v) is 31.4. The second-order valence-corrected chi connectivity index (χ2v) is 15.0. The minimum absolute atomic E-state index is 0.674. The van der Waals surface area contributed by atoms with E-state index in [9.17, 15) is 0 Å². The Balaban J connectivity index is 1.21. The Hall–Kier alpha value is -7.82. The lowest BCUT2D eigenvalue weighted by Gasteiger charge is -2.17. The molecule has 0 N–H and O–H groups in total. The maximum Gasteiger partial charge on any atom is 0.162 e. The van der Waals surface area contributed by atoms with Gasteiger partial charge in [-0.3, -0.25) is 4.57 Å². The van der Waals surface area contributed by atoms with Crippen molar-refractivity contribution in [3.63, 3.8) is 0 Å². The van der Waals surface area contributed by atoms with Crippen LogP contribution < -0.4 is 0 Å². The molecule has 58 heavy (non-hydrogen) atoms. The van der Waals surface area contributed by atoms with E-state index in [1.165, 1.54) is 37.8 Å². The molecule has 0 amide bonds. The van der Waals surface area contributed by atoms with Gasteiger partial charge in [-0.25, -0.2) is 9.97 Å². The lowest BCUT2D eigenvalue weighted by molar-refractivity contribution is 1.08. The second kappa shape index (κ2) is 12.9. The standard InChI is InChI=1S/C54H34N4/c1-4-16-35(17-5-1)44-33-47-48(34-45(44)36-18-6-2-7-19-36)55-53(39-28-29-43-41-24-12-14-26-49(41)57(51(43)32-39)40-22-8-3-9-23-40)56-54(47)58-50-27-15-13-25-42(50)46-30-37-20-10-11-21-38(37)31-52(46)58/h1-34H. The number of aromatic nitrogens is 4. The van der Waals surface area contributed by atoms with E-state index in [0.29, 0.717) is 5.82 Å². The summed E-state index contributed by atoms with van der Waals surface area (Å²) >= 11 is 0. The van der Waals surface area contributed by atoms with E-state index in [1.54, 1.807) is 0 Å². The van der Waals surface area contributed by atoms with Gasteiger partial charge in [0.15, 0.2) is 5.82 Å². The number of hydrogen-bond donors (Lipinski definition) is 0. The highest BCUT2D eigenvalue weighted by atomic mass is 15.1. The minimum Gasteiger partial charge on any atom is -0.309 e. The van der Waals surface area contributed by atoms with Crippen LogP contribution in [0.4, 0.5) is 0 Å². The van der Waals surface area contributed by atoms with Gasteiger partial charge in [-0.1, -0.05) is 152 Å². The van der Waals surface area contributed by atoms with Gasteiger partial charge in [0.2, 0.25) is 0 Å². The van der Waals surface area contributed by atoms with E-state index >= 15 is 0 Å². The van der Waals surface area contributed by atoms with Crippen LogP contribution in [0.5, 0.6) is 0 Å². The number of para-hydroxylation sites is 3. The molecule has 12 rings (SSSR count). The third kappa shape index (κ3) is 5.02. The topological polar surface area (TPSA) is 35.6 Å². The lowest BCUT2D eigenvalue weighted by Crippen LogP contribution is -2.04. The van der Waals surface area contributed by atoms with Crippen LogP contribution in [0.3, 0.4) is 0 Å². The van der Waals surface area contributed by atoms with Gasteiger partial charge in [-0.15, -0.1) is 0 Å². The van der Waals surface area contributed by atoms with Gasteiger partial charge in [0.05, 0.1) is 27.6 Å². The summed E-state index contributed by atoms with van der Waals surface area (Å²) in [5, 5.41) is 8.18. The first-order chi connectivity index (χ1) is 28.8. The number of fused-ring (bicyclic) bond motifs is 8. The zero-order valence-electron chi connectivity index (χ0n) is 31.4. The number of benzene rings is 9. The van der Waals surface area contributed by atoms with Gasteiger partial charge in [0.25, 0.3) is 0 Å². The Morgan fingerprint density at radius 2 is 0.845 bits per heavy atom. The monoisotopic (exact) mass is 738 g/mol. The summed E-state index contributed by atoms with van der Waals surface area (Å²) in [6.45, 7) is 0. The van der Waals surface area contributed by atoms with Crippen LogP contribution in [0.1, 0.15) is 0 Å². The Morgan fingerprint density at radius 1 is 0.310 bits per heavy atom. The van der Waals surface area contributed by atoms with Gasteiger partial charge in [-0.2, -0.15) is 0 Å². The highest BCUT2D eigenvalue weighted by Crippen LogP contribution is 2.41. The second-order valence-electron chi connectivity index (χ2n) is 15.0. The molecule has 3 heterocycles. The van der Waals surface area contributed by atoms with Crippen LogP contribution in [0.15, 0.2) is 206 Å². The summed E-state index contributed by atoms with van der Waals surface area (Å²) in [6.07, 6.45) is 0. The molecule has 0 fully saturated rings. The average Bonchev–Trinajstić information content (AvgIpc) is 3.80. The van der Waals surface area contributed by atoms with Gasteiger partial charge in [0.1, 0.15) is 5.82 Å². The molecule has 270 valence electrons. The molecule has 0 aliphatic heterocycles. The first-order valence-corrected chi connectivity index (χ1v) is 19.7. The molecule has 0 aliphatic carbocycles. The van der Waals surface area contributed by atoms with Crippen molar-refractivity contribution in [2.75, 3.05) is 0 Å². The molecule has 0 atom stereocenters. The maximum atomic E-state index is 5.64. The first-order valence-electron chi connectivity index (χ1n) is 19.7. The fraction of sp³-hybridized carbons (Fsp3) is 0. The van der Waals surface area contributed by atoms with Crippen molar-refractivity contribution in [2.24, 2.45) is 0 Å². The normalized spacial score (nSPS) is 11.8. The Labute approximate surface area is 334 Å². The molecular weight excluding hydrogens is 705 g/mol. The van der Waals surface area contributed by atoms with Crippen molar-refractivity contribution in [3.05, 3.63) is 206 Å². The minimum atomic E-state index is 0.674. The highest BCUT2D eigenvalue weighted by molar-refractivity contribution is 6.15. The number of rotatable bonds is 5. The van der Waals surface area contributed by atoms with E-state index in [4.69, 9.17) is 9.97 Å². The van der Waals surface area contributed by atoms with Crippen LogP contribution in [0.25, 0.3) is 110 Å². The molecular formula is C54H34N4. The smallest absolute Gasteiger partial charge is 0.162 e. The van der Waals surface area contributed by atoms with Crippen molar-refractivity contribution in [1.29, 1.82) is 0 Å². The van der Waals surface area contributed by atoms with Gasteiger partial charge in [-0.05, 0) is 87.6 Å². The van der Waals surface area contributed by atoms with Gasteiger partial charge >= 0.3 is 0 Å². The third-order valence-electron chi connectivity index (χ3n) is 11.7. The number of nitrogens with zero attached hydrogens (tertiary/aromatic N) is 4. The van der Waals surface area contributed by atoms with Crippen molar-refractivity contribution in [2.45, 2.75) is 0 Å². The van der Waals surface area contributed by atoms with Crippen molar-refractivity contribution in [3.8, 4) is 45.1 Å². The Kier molecular flexibility index (Phi) is 7.20. The van der Waals surface area contributed by atoms with Crippen molar-refractivity contribution >= 4 is 65.3 Å². The van der Waals surface area contributed by atoms with Crippen LogP contribution in [0, 0.1) is 0 Å². The molecule has 0 radical (unpaired) electrons. The van der Waals surface area contributed by atoms with E-state index in [-0.39, 0.29) is 0 Å². The summed E-state index contributed by atoms with van der Waals surface area (Å²) in [7, 11) is 0. The molecule has 3 aromatic heterocycles. The van der Waals surface area contributed by atoms with E-state index in [2.05, 4.69) is 215 Å². The fourth-order valence-corrected chi connectivity index (χ4v) is 9.02. The molecule has 4 heteroatoms. The SMILES string of the molecule is c1ccc(-c2cc3nc(-c4ccc5c6ccccc6n(-c6ccccc6)c5c4)nc(-n4c5ccccc5c5cc6ccccc6cc54)c3cc2-c2ccccc2)cc1. The highest BCUT2D eigenvalue weighted by Gasteiger charge is 2.22. The predicted octanol–water partition coefficient (Wildman–Crippen LogP) is 14.0. The average molecular weight is 739 g/mol. The quantitative estimate of drug-likeness (QED) is 0.176. The molecule has 4 nitrogen and oxygen atoms in total. The van der Waals surface area contributed by atoms with Crippen LogP contribution in [0.2, 0.25) is 0 Å². The van der Waals surface area contributed by atoms with E-state index in [1.807, 2.05) is 0 Å². The molecule has 0 bridgehead atoms. The van der Waals surface area contributed by atoms with E-state index in [0.717, 1.165) is 66.8 Å². The summed E-state index contributed by atoms with van der Waals surface area (Å²) < 4.78 is 4.72. The molecule has 0 spiro atoms. The van der Waals surface area contributed by atoms with Crippen molar-refractivity contribution < 1.29 is 0 Å². The third-order valence-corrected chi connectivity index (χ3v) is 11.7. The molecule has 12 aromatic rings. The van der Waals surface area contributed by atoms with Crippen LogP contribution >= 0.6 is 0 Å². The van der Waals surface area contributed by atoms with Gasteiger partial charge < -0.3 is 4.57 Å². The largest absolute Gasteiger partial charge is 0.309 e. The number of hydrogen-bond acceptors (Lipinski definition) is 2. The molecule has 9 aromatic carbocycles. The molecule has 0 saturated carbocycles. The molecule has 0 unspecified atom stereocenters. The van der Waals surface area contributed by atoms with Crippen molar-refractivity contribution in [1.82, 2.24) is 19.1 Å². The summed E-state index contributed by atoms with van der Waals surface area (Å²) in [6, 6.07) is 73.8. The lowest BCUT2D eigenvalue weighted by atomic mass is 9.92. The molecule has 0 aliphatic rings. The Bertz CT molecular complexity index is 3550. The fourth-order valence-electron chi connectivity index (χ4n) is 9.02. The van der Waals surface area contributed by atoms with E-state index < -0.39 is 0 Å². The van der Waals surface area contributed by atoms with Gasteiger partial charge in [0, 0.05) is 38.2 Å². The first kappa shape index (κ1) is 32.4. The maximum absolute atomic E-state index is 5.64. The Morgan fingerprint density at radius 3 is 1.55 bits per heavy atom. The predicted molar refractivity (Wildman–Crippen MR) is 242 cm³/mol. The summed E-state index contributed by atoms with van der Waals surface area (Å²) in [5.74, 6) is 1.52. The van der Waals surface area contributed by atoms with Crippen LogP contribution in [-0.2, 0) is 0 Å². The summed E-state index contributed by atoms with van der Waals surface area (Å²) in [5.41, 5.74) is 12.0. The molecule has 0 saturated heterocycles. The van der Waals surface area contributed by atoms with Crippen LogP contribution in [-0.4, -0.2) is 19.1 Å². The zero-order chi connectivity index (χ0) is 38.2. The summed E-state index contributed by atoms with van der Waals surface area (Å²) in [4.78, 5) is 11.1.